The molecule has 0 saturated heterocycles. The summed E-state index contributed by atoms with van der Waals surface area (Å²) in [4.78, 5) is 4.34. The number of pyridine rings is 1. The third kappa shape index (κ3) is 2.95. The number of nitrogens with zero attached hydrogens (tertiary/aromatic N) is 2. The summed E-state index contributed by atoms with van der Waals surface area (Å²) < 4.78 is 10.7. The van der Waals surface area contributed by atoms with Crippen LogP contribution in [0.2, 0.25) is 0 Å². The number of benzene rings is 2. The van der Waals surface area contributed by atoms with Gasteiger partial charge in [-0.05, 0) is 31.0 Å². The van der Waals surface area contributed by atoms with Crippen LogP contribution >= 0.6 is 0 Å². The Morgan fingerprint density at radius 1 is 1.04 bits per heavy atom. The van der Waals surface area contributed by atoms with Crippen molar-refractivity contribution in [1.29, 1.82) is 5.26 Å². The lowest BCUT2D eigenvalue weighted by molar-refractivity contribution is 0.356. The number of anilines is 2. The van der Waals surface area contributed by atoms with Gasteiger partial charge in [0, 0.05) is 29.4 Å². The minimum atomic E-state index is 0.189. The van der Waals surface area contributed by atoms with Crippen LogP contribution in [0, 0.1) is 25.2 Å². The number of fused-ring (bicyclic) bond motifs is 1. The van der Waals surface area contributed by atoms with Crippen molar-refractivity contribution in [3.05, 3.63) is 47.2 Å². The number of hydrogen-bond donors (Lipinski definition) is 2. The van der Waals surface area contributed by atoms with Crippen molar-refractivity contribution in [2.75, 3.05) is 19.5 Å². The van der Waals surface area contributed by atoms with Crippen molar-refractivity contribution in [2.24, 2.45) is 0 Å². The Kier molecular flexibility index (Phi) is 4.55. The van der Waals surface area contributed by atoms with E-state index >= 15 is 0 Å². The molecule has 0 spiro atoms. The van der Waals surface area contributed by atoms with Gasteiger partial charge in [-0.25, -0.2) is 0 Å². The lowest BCUT2D eigenvalue weighted by atomic mass is 10.1. The zero-order chi connectivity index (χ0) is 18.8. The van der Waals surface area contributed by atoms with Crippen LogP contribution < -0.4 is 14.8 Å². The maximum absolute atomic E-state index is 10.0. The SMILES string of the molecule is COc1cc2ncc(C#N)c(Nc3cc(O)c(C)cc3C)c2cc1OC. The average molecular weight is 349 g/mol. The van der Waals surface area contributed by atoms with Crippen LogP contribution in [-0.4, -0.2) is 24.3 Å². The van der Waals surface area contributed by atoms with E-state index in [1.54, 1.807) is 32.4 Å². The molecule has 3 aromatic rings. The Hall–Kier alpha value is -3.46. The predicted octanol–water partition coefficient (Wildman–Crippen LogP) is 4.19. The van der Waals surface area contributed by atoms with Crippen LogP contribution in [0.15, 0.2) is 30.5 Å². The van der Waals surface area contributed by atoms with Gasteiger partial charge in [-0.15, -0.1) is 0 Å². The van der Waals surface area contributed by atoms with Crippen molar-refractivity contribution in [2.45, 2.75) is 13.8 Å². The second-order valence-corrected chi connectivity index (χ2v) is 5.96. The summed E-state index contributed by atoms with van der Waals surface area (Å²) in [6.45, 7) is 3.78. The van der Waals surface area contributed by atoms with Gasteiger partial charge in [0.1, 0.15) is 11.8 Å². The first-order valence-electron chi connectivity index (χ1n) is 8.00. The first-order chi connectivity index (χ1) is 12.5. The van der Waals surface area contributed by atoms with Crippen molar-refractivity contribution >= 4 is 22.3 Å². The zero-order valence-electron chi connectivity index (χ0n) is 15.0. The molecule has 0 saturated carbocycles. The number of ether oxygens (including phenoxy) is 2. The molecule has 2 aromatic carbocycles. The van der Waals surface area contributed by atoms with E-state index in [9.17, 15) is 10.4 Å². The molecule has 0 radical (unpaired) electrons. The van der Waals surface area contributed by atoms with Gasteiger partial charge in [0.05, 0.1) is 31.0 Å². The first-order valence-corrected chi connectivity index (χ1v) is 8.00. The van der Waals surface area contributed by atoms with E-state index in [0.29, 0.717) is 34.0 Å². The second kappa shape index (κ2) is 6.81. The molecule has 0 atom stereocenters. The number of nitriles is 1. The lowest BCUT2D eigenvalue weighted by Gasteiger charge is -2.16. The first kappa shape index (κ1) is 17.4. The number of phenols is 1. The summed E-state index contributed by atoms with van der Waals surface area (Å²) in [7, 11) is 3.12. The number of aryl methyl sites for hydroxylation is 2. The highest BCUT2D eigenvalue weighted by Gasteiger charge is 2.15. The minimum Gasteiger partial charge on any atom is -0.508 e. The Morgan fingerprint density at radius 2 is 1.73 bits per heavy atom. The molecule has 3 rings (SSSR count). The van der Waals surface area contributed by atoms with Crippen LogP contribution in [0.5, 0.6) is 17.2 Å². The molecule has 0 aliphatic carbocycles. The standard InChI is InChI=1S/C20H19N3O3/c1-11-5-12(2)17(24)7-15(11)23-20-13(9-21)10-22-16-8-19(26-4)18(25-3)6-14(16)20/h5-8,10,24H,1-4H3,(H,22,23). The molecular formula is C20H19N3O3. The van der Waals surface area contributed by atoms with E-state index in [0.717, 1.165) is 16.5 Å². The van der Waals surface area contributed by atoms with Gasteiger partial charge < -0.3 is 19.9 Å². The predicted molar refractivity (Wildman–Crippen MR) is 100 cm³/mol. The van der Waals surface area contributed by atoms with Gasteiger partial charge >= 0.3 is 0 Å². The average Bonchev–Trinajstić information content (AvgIpc) is 2.65. The zero-order valence-corrected chi connectivity index (χ0v) is 15.0. The largest absolute Gasteiger partial charge is 0.508 e. The third-order valence-electron chi connectivity index (χ3n) is 4.30. The summed E-state index contributed by atoms with van der Waals surface area (Å²) in [6, 6.07) is 9.25. The molecule has 0 bridgehead atoms. The van der Waals surface area contributed by atoms with E-state index in [1.807, 2.05) is 19.9 Å². The fraction of sp³-hybridized carbons (Fsp3) is 0.200. The topological polar surface area (TPSA) is 87.4 Å². The molecular weight excluding hydrogens is 330 g/mol. The lowest BCUT2D eigenvalue weighted by Crippen LogP contribution is -2.00. The van der Waals surface area contributed by atoms with Crippen LogP contribution in [0.1, 0.15) is 16.7 Å². The number of methoxy groups -OCH3 is 2. The van der Waals surface area contributed by atoms with Crippen molar-refractivity contribution in [1.82, 2.24) is 4.98 Å². The Balaban J connectivity index is 2.24. The molecule has 0 aliphatic rings. The highest BCUT2D eigenvalue weighted by Crippen LogP contribution is 2.38. The summed E-state index contributed by atoms with van der Waals surface area (Å²) in [6.07, 6.45) is 1.51. The minimum absolute atomic E-state index is 0.189. The fourth-order valence-corrected chi connectivity index (χ4v) is 2.85. The van der Waals surface area contributed by atoms with E-state index in [1.165, 1.54) is 6.20 Å². The molecule has 0 fully saturated rings. The summed E-state index contributed by atoms with van der Waals surface area (Å²) >= 11 is 0. The Morgan fingerprint density at radius 3 is 2.38 bits per heavy atom. The molecule has 6 nitrogen and oxygen atoms in total. The van der Waals surface area contributed by atoms with Crippen LogP contribution in [0.3, 0.4) is 0 Å². The van der Waals surface area contributed by atoms with Crippen LogP contribution in [-0.2, 0) is 0 Å². The molecule has 1 aromatic heterocycles. The molecule has 0 unspecified atom stereocenters. The van der Waals surface area contributed by atoms with E-state index in [4.69, 9.17) is 9.47 Å². The molecule has 2 N–H and O–H groups in total. The maximum atomic E-state index is 10.0. The Bertz CT molecular complexity index is 1040. The highest BCUT2D eigenvalue weighted by molar-refractivity contribution is 5.97. The third-order valence-corrected chi connectivity index (χ3v) is 4.30. The smallest absolute Gasteiger partial charge is 0.162 e. The van der Waals surface area contributed by atoms with E-state index in [2.05, 4.69) is 16.4 Å². The number of aromatic nitrogens is 1. The van der Waals surface area contributed by atoms with E-state index < -0.39 is 0 Å². The maximum Gasteiger partial charge on any atom is 0.162 e. The molecule has 6 heteroatoms. The number of nitrogens with one attached hydrogen (secondary N) is 1. The number of rotatable bonds is 4. The number of aromatic hydroxyl groups is 1. The summed E-state index contributed by atoms with van der Waals surface area (Å²) in [5.74, 6) is 1.30. The van der Waals surface area contributed by atoms with E-state index in [-0.39, 0.29) is 5.75 Å². The summed E-state index contributed by atoms with van der Waals surface area (Å²) in [5.41, 5.74) is 4.12. The fourth-order valence-electron chi connectivity index (χ4n) is 2.85. The van der Waals surface area contributed by atoms with Gasteiger partial charge in [-0.2, -0.15) is 5.26 Å². The van der Waals surface area contributed by atoms with Gasteiger partial charge in [-0.3, -0.25) is 4.98 Å². The van der Waals surface area contributed by atoms with Crippen LogP contribution in [0.25, 0.3) is 10.9 Å². The molecule has 26 heavy (non-hydrogen) atoms. The Labute approximate surface area is 151 Å². The van der Waals surface area contributed by atoms with Gasteiger partial charge in [0.25, 0.3) is 0 Å². The van der Waals surface area contributed by atoms with Gasteiger partial charge in [-0.1, -0.05) is 6.07 Å². The monoisotopic (exact) mass is 349 g/mol. The quantitative estimate of drug-likeness (QED) is 0.734. The van der Waals surface area contributed by atoms with Crippen molar-refractivity contribution < 1.29 is 14.6 Å². The molecule has 0 aliphatic heterocycles. The molecule has 1 heterocycles. The number of hydrogen-bond acceptors (Lipinski definition) is 6. The number of phenolic OH excluding ortho intramolecular Hbond substituents is 1. The molecule has 132 valence electrons. The van der Waals surface area contributed by atoms with Crippen molar-refractivity contribution in [3.63, 3.8) is 0 Å². The van der Waals surface area contributed by atoms with Crippen LogP contribution in [0.4, 0.5) is 11.4 Å². The van der Waals surface area contributed by atoms with Gasteiger partial charge in [0.15, 0.2) is 11.5 Å². The highest BCUT2D eigenvalue weighted by atomic mass is 16.5. The summed E-state index contributed by atoms with van der Waals surface area (Å²) in [5, 5.41) is 23.6. The van der Waals surface area contributed by atoms with Crippen molar-refractivity contribution in [3.8, 4) is 23.3 Å². The normalized spacial score (nSPS) is 10.4. The second-order valence-electron chi connectivity index (χ2n) is 5.96. The van der Waals surface area contributed by atoms with Gasteiger partial charge in [0.2, 0.25) is 0 Å². The molecule has 0 amide bonds.